The molecular formula is C15H30N2O4. The van der Waals surface area contributed by atoms with Gasteiger partial charge in [-0.2, -0.15) is 0 Å². The SMILES string of the molecule is CC(C)(CNC(=O)OC(C)(C)C)CNC(=O)OC(C)(C)C. The van der Waals surface area contributed by atoms with Crippen molar-refractivity contribution in [1.82, 2.24) is 10.6 Å². The van der Waals surface area contributed by atoms with Crippen LogP contribution in [-0.4, -0.2) is 36.5 Å². The van der Waals surface area contributed by atoms with E-state index in [0.717, 1.165) is 0 Å². The van der Waals surface area contributed by atoms with E-state index in [1.165, 1.54) is 0 Å². The normalized spacial score (nSPS) is 12.6. The molecule has 0 aliphatic rings. The molecule has 0 saturated heterocycles. The summed E-state index contributed by atoms with van der Waals surface area (Å²) in [6.45, 7) is 15.5. The van der Waals surface area contributed by atoms with Crippen molar-refractivity contribution in [3.63, 3.8) is 0 Å². The van der Waals surface area contributed by atoms with Gasteiger partial charge in [0.05, 0.1) is 0 Å². The number of carbonyl (C=O) groups excluding carboxylic acids is 2. The lowest BCUT2D eigenvalue weighted by molar-refractivity contribution is 0.0485. The molecule has 2 N–H and O–H groups in total. The van der Waals surface area contributed by atoms with Crippen LogP contribution in [0.1, 0.15) is 55.4 Å². The van der Waals surface area contributed by atoms with Gasteiger partial charge in [0.2, 0.25) is 0 Å². The number of rotatable bonds is 4. The summed E-state index contributed by atoms with van der Waals surface area (Å²) in [6, 6.07) is 0. The molecule has 0 aliphatic carbocycles. The van der Waals surface area contributed by atoms with E-state index in [-0.39, 0.29) is 5.41 Å². The van der Waals surface area contributed by atoms with Crippen molar-refractivity contribution >= 4 is 12.2 Å². The van der Waals surface area contributed by atoms with E-state index in [1.54, 1.807) is 0 Å². The van der Waals surface area contributed by atoms with Crippen LogP contribution in [0.2, 0.25) is 0 Å². The summed E-state index contributed by atoms with van der Waals surface area (Å²) in [7, 11) is 0. The molecule has 0 aromatic carbocycles. The molecule has 124 valence electrons. The highest BCUT2D eigenvalue weighted by Crippen LogP contribution is 2.14. The van der Waals surface area contributed by atoms with E-state index < -0.39 is 23.4 Å². The number of nitrogens with one attached hydrogen (secondary N) is 2. The third kappa shape index (κ3) is 12.0. The maximum atomic E-state index is 11.6. The first kappa shape index (κ1) is 19.5. The average Bonchev–Trinajstić information content (AvgIpc) is 2.19. The van der Waals surface area contributed by atoms with E-state index in [2.05, 4.69) is 10.6 Å². The second kappa shape index (κ2) is 7.00. The van der Waals surface area contributed by atoms with E-state index in [0.29, 0.717) is 13.1 Å². The molecule has 0 aromatic heterocycles. The fourth-order valence-corrected chi connectivity index (χ4v) is 1.31. The molecular weight excluding hydrogens is 272 g/mol. The zero-order valence-electron chi connectivity index (χ0n) is 14.5. The van der Waals surface area contributed by atoms with Gasteiger partial charge in [-0.05, 0) is 47.0 Å². The summed E-state index contributed by atoms with van der Waals surface area (Å²) in [5.74, 6) is 0. The largest absolute Gasteiger partial charge is 0.444 e. The lowest BCUT2D eigenvalue weighted by Gasteiger charge is -2.27. The highest BCUT2D eigenvalue weighted by atomic mass is 16.6. The van der Waals surface area contributed by atoms with Gasteiger partial charge in [0, 0.05) is 13.1 Å². The van der Waals surface area contributed by atoms with Crippen LogP contribution in [0.5, 0.6) is 0 Å². The molecule has 0 fully saturated rings. The van der Waals surface area contributed by atoms with Crippen molar-refractivity contribution in [3.8, 4) is 0 Å². The monoisotopic (exact) mass is 302 g/mol. The van der Waals surface area contributed by atoms with Gasteiger partial charge in [-0.25, -0.2) is 9.59 Å². The van der Waals surface area contributed by atoms with Gasteiger partial charge in [-0.1, -0.05) is 13.8 Å². The first-order valence-corrected chi connectivity index (χ1v) is 7.14. The molecule has 0 bridgehead atoms. The minimum Gasteiger partial charge on any atom is -0.444 e. The molecule has 6 heteroatoms. The Kier molecular flexibility index (Phi) is 6.52. The Labute approximate surface area is 127 Å². The Hall–Kier alpha value is -1.46. The summed E-state index contributed by atoms with van der Waals surface area (Å²) in [5.41, 5.74) is -1.36. The minimum absolute atomic E-state index is 0.312. The van der Waals surface area contributed by atoms with Crippen molar-refractivity contribution in [3.05, 3.63) is 0 Å². The molecule has 0 atom stereocenters. The number of amides is 2. The smallest absolute Gasteiger partial charge is 0.407 e. The van der Waals surface area contributed by atoms with E-state index in [4.69, 9.17) is 9.47 Å². The van der Waals surface area contributed by atoms with E-state index in [1.807, 2.05) is 55.4 Å². The Morgan fingerprint density at radius 1 is 0.714 bits per heavy atom. The van der Waals surface area contributed by atoms with Crippen LogP contribution >= 0.6 is 0 Å². The topological polar surface area (TPSA) is 76.7 Å². The van der Waals surface area contributed by atoms with Crippen molar-refractivity contribution in [1.29, 1.82) is 0 Å². The standard InChI is InChI=1S/C15H30N2O4/c1-13(2,3)20-11(18)16-9-15(7,8)10-17-12(19)21-14(4,5)6/h9-10H2,1-8H3,(H,16,18)(H,17,19). The first-order valence-electron chi connectivity index (χ1n) is 7.14. The van der Waals surface area contributed by atoms with E-state index >= 15 is 0 Å². The van der Waals surface area contributed by atoms with Crippen LogP contribution in [0, 0.1) is 5.41 Å². The van der Waals surface area contributed by atoms with Crippen LogP contribution in [0.4, 0.5) is 9.59 Å². The molecule has 0 aliphatic heterocycles. The number of ether oxygens (including phenoxy) is 2. The predicted octanol–water partition coefficient (Wildman–Crippen LogP) is 3.06. The Morgan fingerprint density at radius 2 is 1.00 bits per heavy atom. The maximum absolute atomic E-state index is 11.6. The summed E-state index contributed by atoms with van der Waals surface area (Å²) in [4.78, 5) is 23.2. The van der Waals surface area contributed by atoms with Gasteiger partial charge >= 0.3 is 12.2 Å². The second-order valence-corrected chi connectivity index (χ2v) is 7.88. The zero-order chi connectivity index (χ0) is 16.9. The van der Waals surface area contributed by atoms with Crippen LogP contribution < -0.4 is 10.6 Å². The number of hydrogen-bond acceptors (Lipinski definition) is 4. The third-order valence-corrected chi connectivity index (χ3v) is 2.22. The van der Waals surface area contributed by atoms with Crippen LogP contribution in [0.15, 0.2) is 0 Å². The summed E-state index contributed by atoms with van der Waals surface area (Å²) in [5, 5.41) is 5.40. The molecule has 0 rings (SSSR count). The van der Waals surface area contributed by atoms with Gasteiger partial charge in [-0.15, -0.1) is 0 Å². The fraction of sp³-hybridized carbons (Fsp3) is 0.867. The number of alkyl carbamates (subject to hydrolysis) is 2. The van der Waals surface area contributed by atoms with Crippen molar-refractivity contribution < 1.29 is 19.1 Å². The van der Waals surface area contributed by atoms with Crippen LogP contribution in [0.3, 0.4) is 0 Å². The molecule has 0 heterocycles. The quantitative estimate of drug-likeness (QED) is 0.836. The second-order valence-electron chi connectivity index (χ2n) is 7.88. The number of hydrogen-bond donors (Lipinski definition) is 2. The molecule has 2 amide bonds. The van der Waals surface area contributed by atoms with Gasteiger partial charge in [0.1, 0.15) is 11.2 Å². The zero-order valence-corrected chi connectivity index (χ0v) is 14.5. The lowest BCUT2D eigenvalue weighted by atomic mass is 9.93. The highest BCUT2D eigenvalue weighted by molar-refractivity contribution is 5.68. The van der Waals surface area contributed by atoms with Crippen molar-refractivity contribution in [2.45, 2.75) is 66.6 Å². The highest BCUT2D eigenvalue weighted by Gasteiger charge is 2.24. The van der Waals surface area contributed by atoms with Gasteiger partial charge in [0.15, 0.2) is 0 Å². The van der Waals surface area contributed by atoms with Crippen LogP contribution in [0.25, 0.3) is 0 Å². The van der Waals surface area contributed by atoms with Gasteiger partial charge in [0.25, 0.3) is 0 Å². The maximum Gasteiger partial charge on any atom is 0.407 e. The Morgan fingerprint density at radius 3 is 1.24 bits per heavy atom. The molecule has 21 heavy (non-hydrogen) atoms. The fourth-order valence-electron chi connectivity index (χ4n) is 1.31. The predicted molar refractivity (Wildman–Crippen MR) is 82.3 cm³/mol. The lowest BCUT2D eigenvalue weighted by Crippen LogP contribution is -2.44. The summed E-state index contributed by atoms with van der Waals surface area (Å²) < 4.78 is 10.3. The molecule has 0 unspecified atom stereocenters. The molecule has 6 nitrogen and oxygen atoms in total. The van der Waals surface area contributed by atoms with Crippen molar-refractivity contribution in [2.24, 2.45) is 5.41 Å². The van der Waals surface area contributed by atoms with E-state index in [9.17, 15) is 9.59 Å². The Balaban J connectivity index is 4.15. The minimum atomic E-state index is -0.525. The number of carbonyl (C=O) groups is 2. The molecule has 0 spiro atoms. The van der Waals surface area contributed by atoms with Gasteiger partial charge < -0.3 is 20.1 Å². The molecule has 0 aromatic rings. The van der Waals surface area contributed by atoms with Crippen LogP contribution in [-0.2, 0) is 9.47 Å². The summed E-state index contributed by atoms with van der Waals surface area (Å²) in [6.07, 6.45) is -0.930. The molecule has 0 radical (unpaired) electrons. The third-order valence-electron chi connectivity index (χ3n) is 2.22. The first-order chi connectivity index (χ1) is 9.20. The summed E-state index contributed by atoms with van der Waals surface area (Å²) >= 11 is 0. The Bertz CT molecular complexity index is 331. The van der Waals surface area contributed by atoms with Gasteiger partial charge in [-0.3, -0.25) is 0 Å². The van der Waals surface area contributed by atoms with Crippen molar-refractivity contribution in [2.75, 3.05) is 13.1 Å². The molecule has 0 saturated carbocycles. The average molecular weight is 302 g/mol.